The molecule has 0 radical (unpaired) electrons. The third kappa shape index (κ3) is 2.68. The Labute approximate surface area is 87.0 Å². The summed E-state index contributed by atoms with van der Waals surface area (Å²) in [6.07, 6.45) is 1.15. The molecule has 0 bridgehead atoms. The molecular formula is C9H11ClN2O2. The first-order chi connectivity index (χ1) is 6.65. The minimum atomic E-state index is -0.461. The van der Waals surface area contributed by atoms with E-state index in [1.807, 2.05) is 0 Å². The maximum Gasteiger partial charge on any atom is 0.320 e. The summed E-state index contributed by atoms with van der Waals surface area (Å²) in [5.74, 6) is -0.461. The Morgan fingerprint density at radius 2 is 2.50 bits per heavy atom. The Balaban J connectivity index is 2.74. The van der Waals surface area contributed by atoms with Gasteiger partial charge in [0.15, 0.2) is 0 Å². The second-order valence-electron chi connectivity index (χ2n) is 2.72. The number of rotatable bonds is 3. The lowest BCUT2D eigenvalue weighted by atomic mass is 10.2. The monoisotopic (exact) mass is 214 g/mol. The molecule has 0 aliphatic carbocycles. The van der Waals surface area contributed by atoms with Crippen LogP contribution in [0.5, 0.6) is 0 Å². The van der Waals surface area contributed by atoms with Gasteiger partial charge in [-0.1, -0.05) is 17.7 Å². The zero-order chi connectivity index (χ0) is 10.6. The molecule has 76 valence electrons. The van der Waals surface area contributed by atoms with Crippen molar-refractivity contribution in [3.05, 3.63) is 29.0 Å². The maximum atomic E-state index is 10.9. The normalized spacial score (nSPS) is 12.2. The number of carbonyl (C=O) groups is 1. The molecule has 14 heavy (non-hydrogen) atoms. The highest BCUT2D eigenvalue weighted by Crippen LogP contribution is 2.22. The Kier molecular flexibility index (Phi) is 3.85. The highest BCUT2D eigenvalue weighted by molar-refractivity contribution is 6.30. The van der Waals surface area contributed by atoms with E-state index in [1.54, 1.807) is 25.3 Å². The van der Waals surface area contributed by atoms with Gasteiger partial charge in [-0.2, -0.15) is 0 Å². The predicted molar refractivity (Wildman–Crippen MR) is 52.8 cm³/mol. The molecule has 1 atom stereocenters. The molecular weight excluding hydrogens is 204 g/mol. The van der Waals surface area contributed by atoms with Gasteiger partial charge in [-0.3, -0.25) is 4.79 Å². The lowest BCUT2D eigenvalue weighted by Crippen LogP contribution is -2.18. The molecule has 0 saturated heterocycles. The number of hydrogen-bond donors (Lipinski definition) is 1. The first-order valence-corrected chi connectivity index (χ1v) is 4.53. The molecule has 0 aromatic carbocycles. The molecule has 1 aromatic heterocycles. The van der Waals surface area contributed by atoms with Crippen LogP contribution in [-0.2, 0) is 9.53 Å². The van der Waals surface area contributed by atoms with E-state index in [0.717, 1.165) is 0 Å². The van der Waals surface area contributed by atoms with Crippen molar-refractivity contribution in [2.24, 2.45) is 5.73 Å². The summed E-state index contributed by atoms with van der Waals surface area (Å²) < 4.78 is 4.98. The quantitative estimate of drug-likeness (QED) is 0.609. The van der Waals surface area contributed by atoms with Crippen LogP contribution in [0.3, 0.4) is 0 Å². The lowest BCUT2D eigenvalue weighted by Gasteiger charge is -2.13. The average molecular weight is 215 g/mol. The number of hydrogen-bond acceptors (Lipinski definition) is 4. The van der Waals surface area contributed by atoms with Gasteiger partial charge in [-0.05, 0) is 13.0 Å². The van der Waals surface area contributed by atoms with Crippen molar-refractivity contribution in [3.63, 3.8) is 0 Å². The summed E-state index contributed by atoms with van der Waals surface area (Å²) in [5.41, 5.74) is 5.79. The fraction of sp³-hybridized carbons (Fsp3) is 0.333. The average Bonchev–Trinajstić information content (AvgIpc) is 2.18. The van der Waals surface area contributed by atoms with Crippen LogP contribution in [0, 0.1) is 0 Å². The summed E-state index contributed by atoms with van der Waals surface area (Å²) in [6, 6.07) is 3.48. The SMILES string of the molecule is CC(OC(=O)CN)c1cccnc1Cl. The van der Waals surface area contributed by atoms with Crippen molar-refractivity contribution in [3.8, 4) is 0 Å². The number of carbonyl (C=O) groups excluding carboxylic acids is 1. The van der Waals surface area contributed by atoms with E-state index >= 15 is 0 Å². The summed E-state index contributed by atoms with van der Waals surface area (Å²) >= 11 is 5.81. The minimum absolute atomic E-state index is 0.137. The lowest BCUT2D eigenvalue weighted by molar-refractivity contribution is -0.146. The third-order valence-corrected chi connectivity index (χ3v) is 2.02. The van der Waals surface area contributed by atoms with E-state index in [9.17, 15) is 4.79 Å². The molecule has 0 saturated carbocycles. The zero-order valence-electron chi connectivity index (χ0n) is 7.74. The number of nitrogens with two attached hydrogens (primary N) is 1. The van der Waals surface area contributed by atoms with Crippen molar-refractivity contribution in [2.45, 2.75) is 13.0 Å². The standard InChI is InChI=1S/C9H11ClN2O2/c1-6(14-8(13)5-11)7-3-2-4-12-9(7)10/h2-4,6H,5,11H2,1H3. The van der Waals surface area contributed by atoms with Gasteiger partial charge in [0.2, 0.25) is 0 Å². The fourth-order valence-corrected chi connectivity index (χ4v) is 1.28. The molecule has 2 N–H and O–H groups in total. The van der Waals surface area contributed by atoms with E-state index < -0.39 is 12.1 Å². The summed E-state index contributed by atoms with van der Waals surface area (Å²) in [7, 11) is 0. The maximum absolute atomic E-state index is 10.9. The van der Waals surface area contributed by atoms with E-state index in [4.69, 9.17) is 22.1 Å². The van der Waals surface area contributed by atoms with Crippen LogP contribution in [0.15, 0.2) is 18.3 Å². The molecule has 0 spiro atoms. The molecule has 1 aromatic rings. The van der Waals surface area contributed by atoms with Crippen molar-refractivity contribution in [1.82, 2.24) is 4.98 Å². The number of halogens is 1. The minimum Gasteiger partial charge on any atom is -0.457 e. The molecule has 0 aliphatic rings. The third-order valence-electron chi connectivity index (χ3n) is 1.70. The Hall–Kier alpha value is -1.13. The topological polar surface area (TPSA) is 65.2 Å². The van der Waals surface area contributed by atoms with Gasteiger partial charge < -0.3 is 10.5 Å². The molecule has 5 heteroatoms. The number of esters is 1. The van der Waals surface area contributed by atoms with Gasteiger partial charge >= 0.3 is 5.97 Å². The van der Waals surface area contributed by atoms with E-state index in [-0.39, 0.29) is 6.54 Å². The van der Waals surface area contributed by atoms with Crippen LogP contribution in [0.4, 0.5) is 0 Å². The summed E-state index contributed by atoms with van der Waals surface area (Å²) in [5, 5.41) is 0.338. The van der Waals surface area contributed by atoms with Crippen LogP contribution in [0.2, 0.25) is 5.15 Å². The van der Waals surface area contributed by atoms with Gasteiger partial charge in [0, 0.05) is 11.8 Å². The van der Waals surface area contributed by atoms with E-state index in [2.05, 4.69) is 4.98 Å². The highest BCUT2D eigenvalue weighted by Gasteiger charge is 2.13. The smallest absolute Gasteiger partial charge is 0.320 e. The molecule has 0 fully saturated rings. The number of nitrogens with zero attached hydrogens (tertiary/aromatic N) is 1. The zero-order valence-corrected chi connectivity index (χ0v) is 8.49. The van der Waals surface area contributed by atoms with Crippen LogP contribution in [-0.4, -0.2) is 17.5 Å². The number of pyridine rings is 1. The fourth-order valence-electron chi connectivity index (χ4n) is 1.01. The molecule has 1 rings (SSSR count). The highest BCUT2D eigenvalue weighted by atomic mass is 35.5. The van der Waals surface area contributed by atoms with Gasteiger partial charge in [0.25, 0.3) is 0 Å². The van der Waals surface area contributed by atoms with Crippen LogP contribution in [0.1, 0.15) is 18.6 Å². The molecule has 0 amide bonds. The van der Waals surface area contributed by atoms with E-state index in [1.165, 1.54) is 0 Å². The Morgan fingerprint density at radius 1 is 1.79 bits per heavy atom. The predicted octanol–water partition coefficient (Wildman–Crippen LogP) is 1.30. The van der Waals surface area contributed by atoms with Crippen LogP contribution in [0.25, 0.3) is 0 Å². The van der Waals surface area contributed by atoms with Crippen LogP contribution >= 0.6 is 11.6 Å². The molecule has 4 nitrogen and oxygen atoms in total. The Bertz CT molecular complexity index is 330. The summed E-state index contributed by atoms with van der Waals surface area (Å²) in [4.78, 5) is 14.8. The van der Waals surface area contributed by atoms with Crippen molar-refractivity contribution in [1.29, 1.82) is 0 Å². The van der Waals surface area contributed by atoms with Crippen LogP contribution < -0.4 is 5.73 Å². The molecule has 0 aliphatic heterocycles. The first-order valence-electron chi connectivity index (χ1n) is 4.15. The van der Waals surface area contributed by atoms with E-state index in [0.29, 0.717) is 10.7 Å². The van der Waals surface area contributed by atoms with Crippen molar-refractivity contribution < 1.29 is 9.53 Å². The molecule has 1 unspecified atom stereocenters. The van der Waals surface area contributed by atoms with Gasteiger partial charge in [-0.25, -0.2) is 4.98 Å². The largest absolute Gasteiger partial charge is 0.457 e. The Morgan fingerprint density at radius 3 is 3.07 bits per heavy atom. The first kappa shape index (κ1) is 10.9. The van der Waals surface area contributed by atoms with Crippen molar-refractivity contribution in [2.75, 3.05) is 6.54 Å². The van der Waals surface area contributed by atoms with Gasteiger partial charge in [-0.15, -0.1) is 0 Å². The molecule has 1 heterocycles. The summed E-state index contributed by atoms with van der Waals surface area (Å²) in [6.45, 7) is 1.58. The number of ether oxygens (including phenoxy) is 1. The second-order valence-corrected chi connectivity index (χ2v) is 3.08. The van der Waals surface area contributed by atoms with Gasteiger partial charge in [0.05, 0.1) is 6.54 Å². The van der Waals surface area contributed by atoms with Gasteiger partial charge in [0.1, 0.15) is 11.3 Å². The van der Waals surface area contributed by atoms with Crippen molar-refractivity contribution >= 4 is 17.6 Å². The second kappa shape index (κ2) is 4.93. The number of aromatic nitrogens is 1.